The summed E-state index contributed by atoms with van der Waals surface area (Å²) in [6.07, 6.45) is 1.74. The van der Waals surface area contributed by atoms with E-state index < -0.39 is 0 Å². The summed E-state index contributed by atoms with van der Waals surface area (Å²) in [5, 5.41) is 6.94. The zero-order valence-electron chi connectivity index (χ0n) is 8.72. The van der Waals surface area contributed by atoms with Crippen LogP contribution in [0, 0.1) is 0 Å². The van der Waals surface area contributed by atoms with Crippen LogP contribution in [0.15, 0.2) is 47.4 Å². The third-order valence-electron chi connectivity index (χ3n) is 2.57. The molecule has 2 aromatic heterocycles. The lowest BCUT2D eigenvalue weighted by Gasteiger charge is -2.02. The summed E-state index contributed by atoms with van der Waals surface area (Å²) in [6, 6.07) is 11.2. The topological polar surface area (TPSA) is 50.2 Å². The second-order valence-corrected chi connectivity index (χ2v) is 4.12. The standard InChI is InChI=1S/C12H8ClN3O/c13-10-3-1-2-8(6-10)9-4-5-11-14-15-12(17)16(11)7-9/h1-7H,(H,15,17). The number of aromatic nitrogens is 3. The molecule has 2 heterocycles. The van der Waals surface area contributed by atoms with Crippen LogP contribution in [-0.4, -0.2) is 14.6 Å². The van der Waals surface area contributed by atoms with Crippen molar-refractivity contribution in [1.29, 1.82) is 0 Å². The molecule has 0 bridgehead atoms. The number of H-pyrrole nitrogens is 1. The number of hydrogen-bond acceptors (Lipinski definition) is 2. The zero-order valence-corrected chi connectivity index (χ0v) is 9.48. The summed E-state index contributed by atoms with van der Waals surface area (Å²) in [7, 11) is 0. The number of nitrogens with zero attached hydrogens (tertiary/aromatic N) is 2. The molecule has 0 amide bonds. The Morgan fingerprint density at radius 2 is 2.06 bits per heavy atom. The smallest absolute Gasteiger partial charge is 0.250 e. The molecule has 0 saturated carbocycles. The van der Waals surface area contributed by atoms with Crippen molar-refractivity contribution in [1.82, 2.24) is 14.6 Å². The van der Waals surface area contributed by atoms with Gasteiger partial charge in [0.15, 0.2) is 5.65 Å². The minimum Gasteiger partial charge on any atom is -0.250 e. The second kappa shape index (κ2) is 3.75. The van der Waals surface area contributed by atoms with Gasteiger partial charge in [-0.15, -0.1) is 0 Å². The van der Waals surface area contributed by atoms with Crippen molar-refractivity contribution in [2.75, 3.05) is 0 Å². The van der Waals surface area contributed by atoms with E-state index in [1.807, 2.05) is 30.3 Å². The maximum Gasteiger partial charge on any atom is 0.347 e. The lowest BCUT2D eigenvalue weighted by atomic mass is 10.1. The average molecular weight is 246 g/mol. The van der Waals surface area contributed by atoms with Gasteiger partial charge in [-0.2, -0.15) is 5.10 Å². The molecule has 1 N–H and O–H groups in total. The van der Waals surface area contributed by atoms with E-state index in [4.69, 9.17) is 11.6 Å². The third kappa shape index (κ3) is 1.72. The first-order valence-corrected chi connectivity index (χ1v) is 5.44. The number of fused-ring (bicyclic) bond motifs is 1. The summed E-state index contributed by atoms with van der Waals surface area (Å²) < 4.78 is 1.47. The van der Waals surface area contributed by atoms with Crippen molar-refractivity contribution < 1.29 is 0 Å². The van der Waals surface area contributed by atoms with Crippen molar-refractivity contribution >= 4 is 17.2 Å². The van der Waals surface area contributed by atoms with Crippen molar-refractivity contribution in [3.05, 3.63) is 58.1 Å². The van der Waals surface area contributed by atoms with Gasteiger partial charge in [-0.25, -0.2) is 14.3 Å². The van der Waals surface area contributed by atoms with Crippen LogP contribution < -0.4 is 5.69 Å². The normalized spacial score (nSPS) is 10.9. The highest BCUT2D eigenvalue weighted by Gasteiger charge is 2.03. The number of nitrogens with one attached hydrogen (secondary N) is 1. The zero-order chi connectivity index (χ0) is 11.8. The number of halogens is 1. The number of benzene rings is 1. The molecule has 0 aliphatic heterocycles. The summed E-state index contributed by atoms with van der Waals surface area (Å²) in [4.78, 5) is 11.4. The van der Waals surface area contributed by atoms with Crippen molar-refractivity contribution in [2.24, 2.45) is 0 Å². The Balaban J connectivity index is 2.24. The molecule has 84 valence electrons. The van der Waals surface area contributed by atoms with E-state index >= 15 is 0 Å². The van der Waals surface area contributed by atoms with E-state index in [9.17, 15) is 4.79 Å². The quantitative estimate of drug-likeness (QED) is 0.715. The molecule has 0 fully saturated rings. The molecule has 3 aromatic rings. The van der Waals surface area contributed by atoms with E-state index in [0.717, 1.165) is 11.1 Å². The minimum atomic E-state index is -0.246. The molecule has 3 rings (SSSR count). The highest BCUT2D eigenvalue weighted by molar-refractivity contribution is 6.30. The van der Waals surface area contributed by atoms with Gasteiger partial charge in [0.2, 0.25) is 0 Å². The fourth-order valence-electron chi connectivity index (χ4n) is 1.74. The van der Waals surface area contributed by atoms with Gasteiger partial charge in [0.05, 0.1) is 0 Å². The van der Waals surface area contributed by atoms with Crippen LogP contribution in [0.4, 0.5) is 0 Å². The Hall–Kier alpha value is -2.07. The maximum absolute atomic E-state index is 11.4. The summed E-state index contributed by atoms with van der Waals surface area (Å²) in [5.74, 6) is 0. The average Bonchev–Trinajstić information content (AvgIpc) is 2.71. The second-order valence-electron chi connectivity index (χ2n) is 3.69. The van der Waals surface area contributed by atoms with Crippen LogP contribution in [0.2, 0.25) is 5.02 Å². The lowest BCUT2D eigenvalue weighted by Crippen LogP contribution is -2.08. The van der Waals surface area contributed by atoms with Crippen LogP contribution in [-0.2, 0) is 0 Å². The van der Waals surface area contributed by atoms with Gasteiger partial charge in [0.1, 0.15) is 0 Å². The van der Waals surface area contributed by atoms with Gasteiger partial charge < -0.3 is 0 Å². The van der Waals surface area contributed by atoms with Crippen molar-refractivity contribution in [2.45, 2.75) is 0 Å². The highest BCUT2D eigenvalue weighted by atomic mass is 35.5. The first-order chi connectivity index (χ1) is 8.24. The molecule has 0 aliphatic rings. The fraction of sp³-hybridized carbons (Fsp3) is 0. The fourth-order valence-corrected chi connectivity index (χ4v) is 1.93. The van der Waals surface area contributed by atoms with Gasteiger partial charge in [0, 0.05) is 11.2 Å². The van der Waals surface area contributed by atoms with E-state index in [2.05, 4.69) is 10.2 Å². The Labute approximate surface area is 101 Å². The molecular formula is C12H8ClN3O. The van der Waals surface area contributed by atoms with Crippen LogP contribution in [0.25, 0.3) is 16.8 Å². The Kier molecular flexibility index (Phi) is 2.23. The molecule has 0 spiro atoms. The van der Waals surface area contributed by atoms with Gasteiger partial charge >= 0.3 is 5.69 Å². The van der Waals surface area contributed by atoms with E-state index in [-0.39, 0.29) is 5.69 Å². The molecule has 0 saturated heterocycles. The van der Waals surface area contributed by atoms with Gasteiger partial charge in [-0.05, 0) is 35.4 Å². The molecule has 0 radical (unpaired) electrons. The molecule has 0 unspecified atom stereocenters. The SMILES string of the molecule is O=c1[nH]nc2ccc(-c3cccc(Cl)c3)cn12. The lowest BCUT2D eigenvalue weighted by molar-refractivity contribution is 1.02. The third-order valence-corrected chi connectivity index (χ3v) is 2.80. The first kappa shape index (κ1) is 10.1. The van der Waals surface area contributed by atoms with Gasteiger partial charge in [0.25, 0.3) is 0 Å². The summed E-state index contributed by atoms with van der Waals surface area (Å²) in [6.45, 7) is 0. The largest absolute Gasteiger partial charge is 0.347 e. The van der Waals surface area contributed by atoms with Gasteiger partial charge in [-0.3, -0.25) is 0 Å². The van der Waals surface area contributed by atoms with Crippen LogP contribution >= 0.6 is 11.6 Å². The minimum absolute atomic E-state index is 0.246. The monoisotopic (exact) mass is 245 g/mol. The van der Waals surface area contributed by atoms with Crippen LogP contribution in [0.5, 0.6) is 0 Å². The molecule has 5 heteroatoms. The van der Waals surface area contributed by atoms with Gasteiger partial charge in [-0.1, -0.05) is 23.7 Å². The van der Waals surface area contributed by atoms with Crippen molar-refractivity contribution in [3.8, 4) is 11.1 Å². The summed E-state index contributed by atoms with van der Waals surface area (Å²) in [5.41, 5.74) is 2.24. The summed E-state index contributed by atoms with van der Waals surface area (Å²) >= 11 is 5.94. The molecule has 1 aromatic carbocycles. The number of rotatable bonds is 1. The maximum atomic E-state index is 11.4. The van der Waals surface area contributed by atoms with Crippen LogP contribution in [0.3, 0.4) is 0 Å². The highest BCUT2D eigenvalue weighted by Crippen LogP contribution is 2.22. The number of pyridine rings is 1. The van der Waals surface area contributed by atoms with Crippen molar-refractivity contribution in [3.63, 3.8) is 0 Å². The van der Waals surface area contributed by atoms with E-state index in [1.54, 1.807) is 12.3 Å². The molecule has 4 nitrogen and oxygen atoms in total. The predicted molar refractivity (Wildman–Crippen MR) is 66.3 cm³/mol. The van der Waals surface area contributed by atoms with E-state index in [1.165, 1.54) is 4.40 Å². The number of aromatic amines is 1. The first-order valence-electron chi connectivity index (χ1n) is 5.07. The molecule has 0 aliphatic carbocycles. The Morgan fingerprint density at radius 3 is 2.88 bits per heavy atom. The molecule has 17 heavy (non-hydrogen) atoms. The van der Waals surface area contributed by atoms with Crippen LogP contribution in [0.1, 0.15) is 0 Å². The molecular weight excluding hydrogens is 238 g/mol. The van der Waals surface area contributed by atoms with E-state index in [0.29, 0.717) is 10.7 Å². The Bertz CT molecular complexity index is 745. The molecule has 0 atom stereocenters. The predicted octanol–water partition coefficient (Wildman–Crippen LogP) is 2.34. The Morgan fingerprint density at radius 1 is 1.18 bits per heavy atom. The number of hydrogen-bond donors (Lipinski definition) is 1.